The molecule has 0 bridgehead atoms. The highest BCUT2D eigenvalue weighted by molar-refractivity contribution is 6.38. The smallest absolute Gasteiger partial charge is 0.164 e. The molecule has 5 heteroatoms. The van der Waals surface area contributed by atoms with Gasteiger partial charge in [-0.25, -0.2) is 15.0 Å². The molecule has 2 heterocycles. The van der Waals surface area contributed by atoms with Crippen molar-refractivity contribution in [1.29, 1.82) is 0 Å². The lowest BCUT2D eigenvalue weighted by Gasteiger charge is -2.10. The molecule has 2 aromatic heterocycles. The zero-order chi connectivity index (χ0) is 29.2. The van der Waals surface area contributed by atoms with Crippen molar-refractivity contribution in [3.05, 3.63) is 138 Å². The molecule has 7 aromatic carbocycles. The summed E-state index contributed by atoms with van der Waals surface area (Å²) < 4.78 is 6.37. The largest absolute Gasteiger partial charge is 0.456 e. The predicted molar refractivity (Wildman–Crippen MR) is 181 cm³/mol. The monoisotopic (exact) mass is 583 g/mol. The average molecular weight is 584 g/mol. The van der Waals surface area contributed by atoms with Gasteiger partial charge >= 0.3 is 0 Å². The fourth-order valence-corrected chi connectivity index (χ4v) is 6.42. The van der Waals surface area contributed by atoms with Crippen LogP contribution in [0.25, 0.3) is 88.4 Å². The number of halogens is 1. The van der Waals surface area contributed by atoms with E-state index in [1.54, 1.807) is 0 Å². The second-order valence-corrected chi connectivity index (χ2v) is 11.4. The molecule has 0 fully saturated rings. The quantitative estimate of drug-likeness (QED) is 0.207. The first kappa shape index (κ1) is 25.0. The van der Waals surface area contributed by atoms with Gasteiger partial charge in [0, 0.05) is 38.9 Å². The number of furan rings is 1. The topological polar surface area (TPSA) is 51.8 Å². The lowest BCUT2D eigenvalue weighted by atomic mass is 10.0. The number of hydrogen-bond acceptors (Lipinski definition) is 4. The van der Waals surface area contributed by atoms with Gasteiger partial charge in [-0.3, -0.25) is 0 Å². The van der Waals surface area contributed by atoms with Crippen LogP contribution in [0.5, 0.6) is 0 Å². The van der Waals surface area contributed by atoms with E-state index in [0.29, 0.717) is 22.5 Å². The molecule has 0 radical (unpaired) electrons. The fraction of sp³-hybridized carbons (Fsp3) is 0. The van der Waals surface area contributed by atoms with Crippen molar-refractivity contribution in [3.63, 3.8) is 0 Å². The van der Waals surface area contributed by atoms with Gasteiger partial charge in [-0.05, 0) is 51.2 Å². The molecular weight excluding hydrogens is 562 g/mol. The molecule has 0 saturated carbocycles. The van der Waals surface area contributed by atoms with Gasteiger partial charge in [-0.1, -0.05) is 115 Å². The number of aromatic nitrogens is 3. The lowest BCUT2D eigenvalue weighted by molar-refractivity contribution is 0.669. The molecule has 4 nitrogen and oxygen atoms in total. The van der Waals surface area contributed by atoms with Crippen LogP contribution in [0.2, 0.25) is 5.02 Å². The van der Waals surface area contributed by atoms with Gasteiger partial charge in [-0.15, -0.1) is 0 Å². The van der Waals surface area contributed by atoms with Crippen molar-refractivity contribution in [3.8, 4) is 34.2 Å². The Kier molecular flexibility index (Phi) is 5.52. The van der Waals surface area contributed by atoms with E-state index in [0.717, 1.165) is 60.2 Å². The second kappa shape index (κ2) is 9.73. The van der Waals surface area contributed by atoms with Gasteiger partial charge in [0.2, 0.25) is 0 Å². The molecule has 0 atom stereocenters. The predicted octanol–water partition coefficient (Wildman–Crippen LogP) is 10.9. The van der Waals surface area contributed by atoms with Crippen LogP contribution < -0.4 is 0 Å². The molecule has 44 heavy (non-hydrogen) atoms. The SMILES string of the molecule is Clc1cc2oc3cc(-c4nc(-c5ccc6ccccc6c5)nc(-c5ccc6ccccc6c5)n4)ccc3c2c2ccccc12. The number of fused-ring (bicyclic) bond motifs is 7. The number of hydrogen-bond donors (Lipinski definition) is 0. The zero-order valence-corrected chi connectivity index (χ0v) is 24.1. The Bertz CT molecular complexity index is 2490. The van der Waals surface area contributed by atoms with Gasteiger partial charge in [0.05, 0.1) is 5.02 Å². The standard InChI is InChI=1S/C39H22ClN3O/c40-33-22-35-36(31-12-6-5-11-30(31)33)32-18-17-29(21-34(32)44-35)39-42-37(27-15-13-23-7-1-3-9-25(23)19-27)41-38(43-39)28-16-14-24-8-2-4-10-26(24)20-28/h1-22H. The van der Waals surface area contributed by atoms with Gasteiger partial charge in [0.1, 0.15) is 11.2 Å². The van der Waals surface area contributed by atoms with E-state index in [9.17, 15) is 0 Å². The summed E-state index contributed by atoms with van der Waals surface area (Å²) in [7, 11) is 0. The molecule has 9 aromatic rings. The highest BCUT2D eigenvalue weighted by Gasteiger charge is 2.17. The molecule has 0 aliphatic rings. The maximum absolute atomic E-state index is 6.63. The zero-order valence-electron chi connectivity index (χ0n) is 23.3. The van der Waals surface area contributed by atoms with Gasteiger partial charge in [0.25, 0.3) is 0 Å². The average Bonchev–Trinajstić information content (AvgIpc) is 3.45. The summed E-state index contributed by atoms with van der Waals surface area (Å²) in [6, 6.07) is 45.5. The van der Waals surface area contributed by atoms with Crippen LogP contribution in [0.4, 0.5) is 0 Å². The highest BCUT2D eigenvalue weighted by Crippen LogP contribution is 2.39. The lowest BCUT2D eigenvalue weighted by Crippen LogP contribution is -2.00. The summed E-state index contributed by atoms with van der Waals surface area (Å²) in [5, 5.41) is 9.43. The van der Waals surface area contributed by atoms with E-state index < -0.39 is 0 Å². The van der Waals surface area contributed by atoms with Gasteiger partial charge < -0.3 is 4.42 Å². The number of benzene rings is 7. The van der Waals surface area contributed by atoms with Crippen molar-refractivity contribution in [2.45, 2.75) is 0 Å². The first-order chi connectivity index (χ1) is 21.7. The second-order valence-electron chi connectivity index (χ2n) is 11.0. The Morgan fingerprint density at radius 1 is 0.409 bits per heavy atom. The first-order valence-corrected chi connectivity index (χ1v) is 14.8. The molecular formula is C39H22ClN3O. The summed E-state index contributed by atoms with van der Waals surface area (Å²) in [6.45, 7) is 0. The molecule has 0 spiro atoms. The maximum Gasteiger partial charge on any atom is 0.164 e. The van der Waals surface area contributed by atoms with E-state index in [1.165, 1.54) is 10.8 Å². The molecule has 0 aliphatic carbocycles. The van der Waals surface area contributed by atoms with Crippen LogP contribution in [0.15, 0.2) is 138 Å². The minimum atomic E-state index is 0.580. The molecule has 9 rings (SSSR count). The third-order valence-corrected chi connectivity index (χ3v) is 8.65. The Balaban J connectivity index is 1.26. The van der Waals surface area contributed by atoms with Crippen molar-refractivity contribution in [1.82, 2.24) is 15.0 Å². The van der Waals surface area contributed by atoms with Gasteiger partial charge in [-0.2, -0.15) is 0 Å². The summed E-state index contributed by atoms with van der Waals surface area (Å²) >= 11 is 6.63. The Morgan fingerprint density at radius 2 is 0.909 bits per heavy atom. The summed E-state index contributed by atoms with van der Waals surface area (Å²) in [4.78, 5) is 15.0. The van der Waals surface area contributed by atoms with Crippen molar-refractivity contribution >= 4 is 65.9 Å². The Hall–Kier alpha value is -5.58. The van der Waals surface area contributed by atoms with Crippen LogP contribution >= 0.6 is 11.6 Å². The van der Waals surface area contributed by atoms with Crippen LogP contribution in [0.1, 0.15) is 0 Å². The molecule has 206 valence electrons. The Morgan fingerprint density at radius 3 is 1.52 bits per heavy atom. The van der Waals surface area contributed by atoms with Crippen LogP contribution in [-0.2, 0) is 0 Å². The molecule has 0 amide bonds. The molecule has 0 aliphatic heterocycles. The maximum atomic E-state index is 6.63. The minimum absolute atomic E-state index is 0.580. The molecule has 0 saturated heterocycles. The van der Waals surface area contributed by atoms with Gasteiger partial charge in [0.15, 0.2) is 17.5 Å². The fourth-order valence-electron chi connectivity index (χ4n) is 6.16. The van der Waals surface area contributed by atoms with Crippen LogP contribution in [-0.4, -0.2) is 15.0 Å². The summed E-state index contributed by atoms with van der Waals surface area (Å²) in [6.07, 6.45) is 0. The Labute approximate surface area is 257 Å². The van der Waals surface area contributed by atoms with E-state index in [-0.39, 0.29) is 0 Å². The summed E-state index contributed by atoms with van der Waals surface area (Å²) in [5.74, 6) is 1.81. The minimum Gasteiger partial charge on any atom is -0.456 e. The van der Waals surface area contributed by atoms with E-state index in [4.69, 9.17) is 31.0 Å². The highest BCUT2D eigenvalue weighted by atomic mass is 35.5. The van der Waals surface area contributed by atoms with Crippen LogP contribution in [0.3, 0.4) is 0 Å². The van der Waals surface area contributed by atoms with E-state index in [2.05, 4.69) is 78.9 Å². The normalized spacial score (nSPS) is 11.8. The number of nitrogens with zero attached hydrogens (tertiary/aromatic N) is 3. The molecule has 0 N–H and O–H groups in total. The van der Waals surface area contributed by atoms with Crippen LogP contribution in [0, 0.1) is 0 Å². The van der Waals surface area contributed by atoms with Crippen molar-refractivity contribution in [2.24, 2.45) is 0 Å². The summed E-state index contributed by atoms with van der Waals surface area (Å²) in [5.41, 5.74) is 4.22. The van der Waals surface area contributed by atoms with Crippen molar-refractivity contribution in [2.75, 3.05) is 0 Å². The third-order valence-electron chi connectivity index (χ3n) is 8.34. The van der Waals surface area contributed by atoms with E-state index >= 15 is 0 Å². The first-order valence-electron chi connectivity index (χ1n) is 14.5. The van der Waals surface area contributed by atoms with E-state index in [1.807, 2.05) is 54.6 Å². The third kappa shape index (κ3) is 4.03. The molecule has 0 unspecified atom stereocenters. The van der Waals surface area contributed by atoms with Crippen molar-refractivity contribution < 1.29 is 4.42 Å². The number of rotatable bonds is 3.